The van der Waals surface area contributed by atoms with Gasteiger partial charge in [0.1, 0.15) is 5.75 Å². The van der Waals surface area contributed by atoms with E-state index in [1.54, 1.807) is 0 Å². The Labute approximate surface area is 126 Å². The maximum absolute atomic E-state index is 5.59. The second-order valence-corrected chi connectivity index (χ2v) is 4.74. The number of guanidine groups is 1. The average molecular weight is 294 g/mol. The van der Waals surface area contributed by atoms with Crippen LogP contribution in [-0.4, -0.2) is 31.8 Å². The molecular formula is C15H26N4O2. The molecule has 4 N–H and O–H groups in total. The molecule has 0 atom stereocenters. The van der Waals surface area contributed by atoms with Crippen molar-refractivity contribution < 1.29 is 9.47 Å². The fourth-order valence-electron chi connectivity index (χ4n) is 1.65. The van der Waals surface area contributed by atoms with Crippen molar-refractivity contribution in [2.75, 3.05) is 25.1 Å². The first-order valence-corrected chi connectivity index (χ1v) is 7.28. The van der Waals surface area contributed by atoms with E-state index in [1.807, 2.05) is 45.0 Å². The first-order valence-electron chi connectivity index (χ1n) is 7.28. The van der Waals surface area contributed by atoms with Gasteiger partial charge in [0.05, 0.1) is 6.10 Å². The van der Waals surface area contributed by atoms with Crippen molar-refractivity contribution >= 4 is 11.6 Å². The van der Waals surface area contributed by atoms with Crippen molar-refractivity contribution in [1.82, 2.24) is 5.43 Å². The van der Waals surface area contributed by atoms with E-state index in [4.69, 9.17) is 15.3 Å². The third-order valence-corrected chi connectivity index (χ3v) is 2.55. The lowest BCUT2D eigenvalue weighted by molar-refractivity contribution is 0.146. The van der Waals surface area contributed by atoms with Gasteiger partial charge in [0, 0.05) is 25.4 Å². The summed E-state index contributed by atoms with van der Waals surface area (Å²) in [5.41, 5.74) is 3.45. The third-order valence-electron chi connectivity index (χ3n) is 2.55. The zero-order chi connectivity index (χ0) is 15.5. The highest BCUT2D eigenvalue weighted by atomic mass is 16.5. The van der Waals surface area contributed by atoms with Gasteiger partial charge in [-0.3, -0.25) is 10.4 Å². The van der Waals surface area contributed by atoms with Crippen LogP contribution in [0.25, 0.3) is 0 Å². The van der Waals surface area contributed by atoms with Crippen LogP contribution in [0, 0.1) is 0 Å². The van der Waals surface area contributed by atoms with E-state index in [0.29, 0.717) is 19.1 Å². The lowest BCUT2D eigenvalue weighted by atomic mass is 10.3. The molecule has 1 rings (SSSR count). The van der Waals surface area contributed by atoms with Gasteiger partial charge in [-0.2, -0.15) is 0 Å². The second-order valence-electron chi connectivity index (χ2n) is 4.74. The number of nitrogens with zero attached hydrogens (tertiary/aromatic N) is 1. The van der Waals surface area contributed by atoms with E-state index in [-0.39, 0.29) is 6.10 Å². The quantitative estimate of drug-likeness (QED) is 0.225. The number of hydrazine groups is 1. The molecule has 1 aromatic rings. The molecule has 21 heavy (non-hydrogen) atoms. The number of anilines is 1. The molecule has 0 saturated carbocycles. The summed E-state index contributed by atoms with van der Waals surface area (Å²) in [5.74, 6) is 6.83. The van der Waals surface area contributed by atoms with Crippen LogP contribution in [0.2, 0.25) is 0 Å². The summed E-state index contributed by atoms with van der Waals surface area (Å²) in [4.78, 5) is 4.34. The molecule has 0 spiro atoms. The van der Waals surface area contributed by atoms with Gasteiger partial charge in [0.2, 0.25) is 5.96 Å². The maximum Gasteiger partial charge on any atom is 0.210 e. The Morgan fingerprint density at radius 2 is 2.00 bits per heavy atom. The second kappa shape index (κ2) is 10.0. The van der Waals surface area contributed by atoms with E-state index >= 15 is 0 Å². The topological polar surface area (TPSA) is 80.9 Å². The maximum atomic E-state index is 5.59. The highest BCUT2D eigenvalue weighted by Gasteiger charge is 2.00. The predicted molar refractivity (Wildman–Crippen MR) is 86.6 cm³/mol. The van der Waals surface area contributed by atoms with Crippen LogP contribution in [0.5, 0.6) is 5.75 Å². The number of hydrogen-bond acceptors (Lipinski definition) is 4. The van der Waals surface area contributed by atoms with E-state index in [2.05, 4.69) is 15.7 Å². The molecule has 0 bridgehead atoms. The molecule has 6 heteroatoms. The van der Waals surface area contributed by atoms with Gasteiger partial charge in [-0.15, -0.1) is 0 Å². The molecule has 0 aliphatic rings. The zero-order valence-electron chi connectivity index (χ0n) is 13.1. The number of rotatable bonds is 8. The van der Waals surface area contributed by atoms with Crippen molar-refractivity contribution in [3.05, 3.63) is 24.3 Å². The summed E-state index contributed by atoms with van der Waals surface area (Å²) >= 11 is 0. The number of hydrogen-bond donors (Lipinski definition) is 3. The molecular weight excluding hydrogens is 268 g/mol. The lowest BCUT2D eigenvalue weighted by Crippen LogP contribution is -2.36. The van der Waals surface area contributed by atoms with Crippen LogP contribution in [0.3, 0.4) is 0 Å². The summed E-state index contributed by atoms with van der Waals surface area (Å²) in [7, 11) is 0. The number of benzene rings is 1. The van der Waals surface area contributed by atoms with Crippen molar-refractivity contribution in [2.24, 2.45) is 10.8 Å². The van der Waals surface area contributed by atoms with E-state index < -0.39 is 0 Å². The zero-order valence-corrected chi connectivity index (χ0v) is 13.1. The molecule has 0 heterocycles. The molecule has 118 valence electrons. The van der Waals surface area contributed by atoms with Crippen LogP contribution in [0.15, 0.2) is 29.3 Å². The van der Waals surface area contributed by atoms with Gasteiger partial charge in [-0.05, 0) is 51.5 Å². The Hall–Kier alpha value is -1.79. The molecule has 0 aromatic heterocycles. The van der Waals surface area contributed by atoms with Crippen LogP contribution in [-0.2, 0) is 4.74 Å². The van der Waals surface area contributed by atoms with Crippen molar-refractivity contribution in [3.63, 3.8) is 0 Å². The summed E-state index contributed by atoms with van der Waals surface area (Å²) in [6, 6.07) is 7.66. The van der Waals surface area contributed by atoms with Crippen molar-refractivity contribution in [1.29, 1.82) is 0 Å². The largest absolute Gasteiger partial charge is 0.491 e. The minimum atomic E-state index is 0.164. The highest BCUT2D eigenvalue weighted by Crippen LogP contribution is 2.16. The van der Waals surface area contributed by atoms with Gasteiger partial charge in [0.25, 0.3) is 0 Å². The average Bonchev–Trinajstić information content (AvgIpc) is 2.47. The van der Waals surface area contributed by atoms with Crippen LogP contribution < -0.4 is 21.3 Å². The molecule has 0 unspecified atom stereocenters. The minimum Gasteiger partial charge on any atom is -0.491 e. The van der Waals surface area contributed by atoms with E-state index in [9.17, 15) is 0 Å². The summed E-state index contributed by atoms with van der Waals surface area (Å²) < 4.78 is 10.8. The first-order chi connectivity index (χ1) is 10.2. The summed E-state index contributed by atoms with van der Waals surface area (Å²) in [6.07, 6.45) is 1.03. The molecule has 0 aliphatic heterocycles. The fourth-order valence-corrected chi connectivity index (χ4v) is 1.65. The predicted octanol–water partition coefficient (Wildman–Crippen LogP) is 2.13. The smallest absolute Gasteiger partial charge is 0.210 e. The van der Waals surface area contributed by atoms with Gasteiger partial charge < -0.3 is 14.8 Å². The molecule has 0 fully saturated rings. The van der Waals surface area contributed by atoms with Crippen LogP contribution in [0.1, 0.15) is 27.2 Å². The molecule has 0 radical (unpaired) electrons. The molecule has 1 aromatic carbocycles. The van der Waals surface area contributed by atoms with Gasteiger partial charge in [-0.25, -0.2) is 5.84 Å². The number of ether oxygens (including phenoxy) is 2. The van der Waals surface area contributed by atoms with E-state index in [0.717, 1.165) is 24.5 Å². The summed E-state index contributed by atoms with van der Waals surface area (Å²) in [6.45, 7) is 8.06. The Bertz CT molecular complexity index is 418. The number of aliphatic imine (C=N–C) groups is 1. The third kappa shape index (κ3) is 7.53. The van der Waals surface area contributed by atoms with Crippen molar-refractivity contribution in [3.8, 4) is 5.75 Å². The molecule has 0 saturated heterocycles. The van der Waals surface area contributed by atoms with Gasteiger partial charge in [0.15, 0.2) is 0 Å². The Kier molecular flexibility index (Phi) is 8.23. The Balaban J connectivity index is 2.46. The first kappa shape index (κ1) is 17.3. The van der Waals surface area contributed by atoms with Crippen LogP contribution in [0.4, 0.5) is 5.69 Å². The lowest BCUT2D eigenvalue weighted by Gasteiger charge is -2.12. The standard InChI is InChI=1S/C15H26N4O2/c1-4-20-11-5-10-17-15(19-16)18-13-6-8-14(9-7-13)21-12(2)3/h6-9,12H,4-5,10-11,16H2,1-3H3,(H2,17,18,19). The monoisotopic (exact) mass is 294 g/mol. The fraction of sp³-hybridized carbons (Fsp3) is 0.533. The van der Waals surface area contributed by atoms with Crippen LogP contribution >= 0.6 is 0 Å². The van der Waals surface area contributed by atoms with Crippen molar-refractivity contribution in [2.45, 2.75) is 33.3 Å². The SMILES string of the molecule is CCOCCCN=C(NN)Nc1ccc(OC(C)C)cc1. The molecule has 0 aliphatic carbocycles. The number of nitrogens with one attached hydrogen (secondary N) is 2. The Morgan fingerprint density at radius 3 is 2.57 bits per heavy atom. The van der Waals surface area contributed by atoms with Gasteiger partial charge in [-0.1, -0.05) is 0 Å². The molecule has 0 amide bonds. The number of nitrogens with two attached hydrogens (primary N) is 1. The Morgan fingerprint density at radius 1 is 1.29 bits per heavy atom. The molecule has 6 nitrogen and oxygen atoms in total. The van der Waals surface area contributed by atoms with E-state index in [1.165, 1.54) is 0 Å². The minimum absolute atomic E-state index is 0.164. The normalized spacial score (nSPS) is 11.6. The van der Waals surface area contributed by atoms with Gasteiger partial charge >= 0.3 is 0 Å². The summed E-state index contributed by atoms with van der Waals surface area (Å²) in [5, 5.41) is 3.12. The highest BCUT2D eigenvalue weighted by molar-refractivity contribution is 5.93.